The summed E-state index contributed by atoms with van der Waals surface area (Å²) in [6.07, 6.45) is 3.43. The Balaban J connectivity index is 1.89. The predicted molar refractivity (Wildman–Crippen MR) is 81.8 cm³/mol. The summed E-state index contributed by atoms with van der Waals surface area (Å²) in [7, 11) is 0. The molecule has 3 aromatic rings. The molecule has 0 amide bonds. The van der Waals surface area contributed by atoms with Crippen LogP contribution in [0, 0.1) is 5.82 Å². The highest BCUT2D eigenvalue weighted by Gasteiger charge is 2.08. The van der Waals surface area contributed by atoms with E-state index in [1.807, 2.05) is 24.3 Å². The highest BCUT2D eigenvalue weighted by atomic mass is 32.2. The van der Waals surface area contributed by atoms with Crippen molar-refractivity contribution >= 4 is 11.2 Å². The monoisotopic (exact) mass is 300 g/mol. The predicted octanol–water partition coefficient (Wildman–Crippen LogP) is 3.62. The normalized spacial score (nSPS) is 12.3. The van der Waals surface area contributed by atoms with Crippen molar-refractivity contribution < 1.29 is 8.94 Å². The highest BCUT2D eigenvalue weighted by Crippen LogP contribution is 2.23. The first kappa shape index (κ1) is 13.9. The number of halogens is 1. The number of nitrogens with one attached hydrogen (secondary N) is 1. The Bertz CT molecular complexity index is 736. The van der Waals surface area contributed by atoms with Gasteiger partial charge in [0.05, 0.1) is 5.69 Å². The van der Waals surface area contributed by atoms with Gasteiger partial charge in [0.15, 0.2) is 4.90 Å². The number of aromatic amines is 1. The van der Waals surface area contributed by atoms with Gasteiger partial charge < -0.3 is 9.54 Å². The zero-order valence-corrected chi connectivity index (χ0v) is 12.2. The van der Waals surface area contributed by atoms with E-state index in [1.165, 1.54) is 12.1 Å². The van der Waals surface area contributed by atoms with Crippen molar-refractivity contribution in [3.63, 3.8) is 0 Å². The summed E-state index contributed by atoms with van der Waals surface area (Å²) in [6.45, 7) is 0. The van der Waals surface area contributed by atoms with Crippen LogP contribution < -0.4 is 0 Å². The summed E-state index contributed by atoms with van der Waals surface area (Å²) < 4.78 is 24.3. The Morgan fingerprint density at radius 3 is 2.24 bits per heavy atom. The summed E-state index contributed by atoms with van der Waals surface area (Å²) in [4.78, 5) is 8.39. The van der Waals surface area contributed by atoms with Gasteiger partial charge in [-0.3, -0.25) is 0 Å². The highest BCUT2D eigenvalue weighted by molar-refractivity contribution is 7.90. The van der Waals surface area contributed by atoms with E-state index in [4.69, 9.17) is 0 Å². The second kappa shape index (κ2) is 5.71. The SMILES string of the molecule is C[S@@+]([O-])c1ccc(-c2nc(-c3ccc(F)cc3)c[nH]2)cc1. The molecule has 0 aliphatic rings. The summed E-state index contributed by atoms with van der Waals surface area (Å²) in [6, 6.07) is 13.6. The number of benzene rings is 2. The molecular formula is C16H13FN2OS. The van der Waals surface area contributed by atoms with Gasteiger partial charge in [-0.25, -0.2) is 9.37 Å². The van der Waals surface area contributed by atoms with Crippen LogP contribution in [0.5, 0.6) is 0 Å². The fraction of sp³-hybridized carbons (Fsp3) is 0.0625. The molecule has 0 radical (unpaired) electrons. The minimum atomic E-state index is -0.987. The third-order valence-electron chi connectivity index (χ3n) is 3.18. The molecule has 0 aliphatic heterocycles. The largest absolute Gasteiger partial charge is 0.612 e. The smallest absolute Gasteiger partial charge is 0.152 e. The van der Waals surface area contributed by atoms with Crippen LogP contribution in [-0.4, -0.2) is 20.8 Å². The lowest BCUT2D eigenvalue weighted by atomic mass is 10.2. The van der Waals surface area contributed by atoms with Crippen LogP contribution in [0.25, 0.3) is 22.6 Å². The molecule has 0 unspecified atom stereocenters. The van der Waals surface area contributed by atoms with Crippen molar-refractivity contribution in [2.75, 3.05) is 6.26 Å². The van der Waals surface area contributed by atoms with Gasteiger partial charge in [0.2, 0.25) is 0 Å². The summed E-state index contributed by atoms with van der Waals surface area (Å²) in [5.74, 6) is 0.459. The molecule has 1 aromatic heterocycles. The maximum Gasteiger partial charge on any atom is 0.152 e. The number of hydrogen-bond donors (Lipinski definition) is 1. The number of aromatic nitrogens is 2. The fourth-order valence-electron chi connectivity index (χ4n) is 2.04. The van der Waals surface area contributed by atoms with Gasteiger partial charge in [0, 0.05) is 17.3 Å². The van der Waals surface area contributed by atoms with E-state index in [-0.39, 0.29) is 5.82 Å². The van der Waals surface area contributed by atoms with Gasteiger partial charge in [-0.2, -0.15) is 0 Å². The van der Waals surface area contributed by atoms with Crippen LogP contribution in [0.4, 0.5) is 4.39 Å². The molecule has 1 atom stereocenters. The van der Waals surface area contributed by atoms with E-state index in [1.54, 1.807) is 24.6 Å². The zero-order valence-electron chi connectivity index (χ0n) is 11.3. The van der Waals surface area contributed by atoms with Gasteiger partial charge >= 0.3 is 0 Å². The molecule has 1 N–H and O–H groups in total. The molecule has 0 spiro atoms. The molecule has 106 valence electrons. The molecule has 5 heteroatoms. The number of H-pyrrole nitrogens is 1. The van der Waals surface area contributed by atoms with Crippen LogP contribution in [0.3, 0.4) is 0 Å². The first-order valence-corrected chi connectivity index (χ1v) is 7.94. The molecule has 3 nitrogen and oxygen atoms in total. The van der Waals surface area contributed by atoms with E-state index < -0.39 is 11.2 Å². The van der Waals surface area contributed by atoms with Crippen LogP contribution in [-0.2, 0) is 11.2 Å². The van der Waals surface area contributed by atoms with Crippen molar-refractivity contribution in [1.29, 1.82) is 0 Å². The number of imidazole rings is 1. The molecule has 0 fully saturated rings. The Hall–Kier alpha value is -2.11. The Kier molecular flexibility index (Phi) is 3.77. The molecular weight excluding hydrogens is 287 g/mol. The summed E-state index contributed by atoms with van der Waals surface area (Å²) in [5, 5.41) is 0. The molecule has 3 rings (SSSR count). The topological polar surface area (TPSA) is 51.7 Å². The maximum absolute atomic E-state index is 12.9. The van der Waals surface area contributed by atoms with E-state index in [9.17, 15) is 8.94 Å². The third kappa shape index (κ3) is 2.99. The number of hydrogen-bond acceptors (Lipinski definition) is 2. The van der Waals surface area contributed by atoms with Crippen LogP contribution >= 0.6 is 0 Å². The Labute approximate surface area is 125 Å². The molecule has 1 heterocycles. The molecule has 21 heavy (non-hydrogen) atoms. The zero-order chi connectivity index (χ0) is 14.8. The molecule has 0 saturated heterocycles. The van der Waals surface area contributed by atoms with E-state index in [0.29, 0.717) is 0 Å². The minimum absolute atomic E-state index is 0.266. The minimum Gasteiger partial charge on any atom is -0.612 e. The lowest BCUT2D eigenvalue weighted by molar-refractivity contribution is 0.601. The van der Waals surface area contributed by atoms with Gasteiger partial charge in [-0.1, -0.05) is 0 Å². The summed E-state index contributed by atoms with van der Waals surface area (Å²) >= 11 is -0.987. The average molecular weight is 300 g/mol. The van der Waals surface area contributed by atoms with Crippen LogP contribution in [0.1, 0.15) is 0 Å². The first-order valence-electron chi connectivity index (χ1n) is 6.39. The molecule has 2 aromatic carbocycles. The first-order chi connectivity index (χ1) is 10.1. The van der Waals surface area contributed by atoms with Crippen LogP contribution in [0.2, 0.25) is 0 Å². The second-order valence-corrected chi connectivity index (χ2v) is 6.00. The third-order valence-corrected chi connectivity index (χ3v) is 4.11. The van der Waals surface area contributed by atoms with Crippen molar-refractivity contribution in [2.45, 2.75) is 4.90 Å². The summed E-state index contributed by atoms with van der Waals surface area (Å²) in [5.41, 5.74) is 2.52. The van der Waals surface area contributed by atoms with Gasteiger partial charge in [-0.05, 0) is 59.7 Å². The van der Waals surface area contributed by atoms with Gasteiger partial charge in [0.1, 0.15) is 17.9 Å². The Morgan fingerprint density at radius 1 is 1.00 bits per heavy atom. The van der Waals surface area contributed by atoms with Crippen LogP contribution in [0.15, 0.2) is 59.6 Å². The average Bonchev–Trinajstić information content (AvgIpc) is 2.98. The van der Waals surface area contributed by atoms with Gasteiger partial charge in [-0.15, -0.1) is 0 Å². The van der Waals surface area contributed by atoms with E-state index >= 15 is 0 Å². The quantitative estimate of drug-likeness (QED) is 0.751. The number of rotatable bonds is 3. The molecule has 0 aliphatic carbocycles. The molecule has 0 saturated carbocycles. The van der Waals surface area contributed by atoms with Crippen molar-refractivity contribution in [3.05, 3.63) is 60.5 Å². The lowest BCUT2D eigenvalue weighted by Crippen LogP contribution is -1.96. The molecule has 0 bridgehead atoms. The fourth-order valence-corrected chi connectivity index (χ4v) is 2.56. The Morgan fingerprint density at radius 2 is 1.62 bits per heavy atom. The van der Waals surface area contributed by atoms with Crippen molar-refractivity contribution in [2.24, 2.45) is 0 Å². The van der Waals surface area contributed by atoms with Gasteiger partial charge in [0.25, 0.3) is 0 Å². The van der Waals surface area contributed by atoms with Crippen molar-refractivity contribution in [1.82, 2.24) is 9.97 Å². The van der Waals surface area contributed by atoms with Crippen molar-refractivity contribution in [3.8, 4) is 22.6 Å². The number of nitrogens with zero attached hydrogens (tertiary/aromatic N) is 1. The second-order valence-electron chi connectivity index (χ2n) is 4.62. The maximum atomic E-state index is 12.9. The van der Waals surface area contributed by atoms with E-state index in [2.05, 4.69) is 9.97 Å². The standard InChI is InChI=1S/C16H13FN2OS/c1-21(20)14-8-4-12(5-9-14)16-18-10-15(19-16)11-2-6-13(17)7-3-11/h2-10H,1H3,(H,18,19)/t21-/m1/s1. The lowest BCUT2D eigenvalue weighted by Gasteiger charge is -2.04. The van der Waals surface area contributed by atoms with E-state index in [0.717, 1.165) is 27.5 Å².